The maximum Gasteiger partial charge on any atom is 0.325 e. The second kappa shape index (κ2) is 6.27. The van der Waals surface area contributed by atoms with Crippen molar-refractivity contribution < 1.29 is 23.8 Å². The largest absolute Gasteiger partial charge is 0.465 e. The molecule has 2 rings (SSSR count). The van der Waals surface area contributed by atoms with E-state index in [1.807, 2.05) is 6.92 Å². The molecule has 0 saturated heterocycles. The number of hydrogen-bond donors (Lipinski definition) is 0. The average Bonchev–Trinajstić information content (AvgIpc) is 2.91. The van der Waals surface area contributed by atoms with Crippen molar-refractivity contribution in [3.63, 3.8) is 0 Å². The number of likely N-dealkylation sites (N-methyl/N-ethyl adjacent to an activating group) is 1. The zero-order valence-electron chi connectivity index (χ0n) is 11.5. The molecule has 1 aromatic rings. The molecule has 0 unspecified atom stereocenters. The molecular weight excluding hydrogens is 262 g/mol. The Morgan fingerprint density at radius 1 is 1.25 bits per heavy atom. The molecule has 0 radical (unpaired) electrons. The van der Waals surface area contributed by atoms with E-state index >= 15 is 0 Å². The van der Waals surface area contributed by atoms with Gasteiger partial charge in [-0.15, -0.1) is 0 Å². The minimum atomic E-state index is -0.413. The van der Waals surface area contributed by atoms with Crippen molar-refractivity contribution in [2.45, 2.75) is 13.8 Å². The fourth-order valence-electron chi connectivity index (χ4n) is 1.90. The summed E-state index contributed by atoms with van der Waals surface area (Å²) >= 11 is 0. The normalized spacial score (nSPS) is 12.1. The van der Waals surface area contributed by atoms with Crippen molar-refractivity contribution in [2.75, 3.05) is 26.5 Å². The van der Waals surface area contributed by atoms with Crippen molar-refractivity contribution in [3.05, 3.63) is 23.8 Å². The van der Waals surface area contributed by atoms with Gasteiger partial charge in [-0.2, -0.15) is 0 Å². The van der Waals surface area contributed by atoms with Gasteiger partial charge in [-0.1, -0.05) is 0 Å². The maximum absolute atomic E-state index is 12.3. The molecule has 0 atom stereocenters. The van der Waals surface area contributed by atoms with E-state index in [4.69, 9.17) is 14.2 Å². The van der Waals surface area contributed by atoms with Crippen LogP contribution in [0.3, 0.4) is 0 Å². The monoisotopic (exact) mass is 279 g/mol. The van der Waals surface area contributed by atoms with Gasteiger partial charge < -0.3 is 19.1 Å². The fraction of sp³-hybridized carbons (Fsp3) is 0.429. The summed E-state index contributed by atoms with van der Waals surface area (Å²) < 4.78 is 15.3. The van der Waals surface area contributed by atoms with Crippen LogP contribution in [0.25, 0.3) is 0 Å². The van der Waals surface area contributed by atoms with Gasteiger partial charge in [0.2, 0.25) is 6.79 Å². The van der Waals surface area contributed by atoms with E-state index in [2.05, 4.69) is 0 Å². The van der Waals surface area contributed by atoms with Crippen LogP contribution >= 0.6 is 0 Å². The molecule has 0 bridgehead atoms. The third kappa shape index (κ3) is 3.01. The number of nitrogens with zero attached hydrogens (tertiary/aromatic N) is 1. The first-order valence-electron chi connectivity index (χ1n) is 6.50. The molecule has 0 aliphatic carbocycles. The van der Waals surface area contributed by atoms with Crippen LogP contribution in [-0.2, 0) is 9.53 Å². The molecule has 1 amide bonds. The van der Waals surface area contributed by atoms with Crippen LogP contribution < -0.4 is 9.47 Å². The first-order valence-corrected chi connectivity index (χ1v) is 6.50. The Bertz CT molecular complexity index is 514. The van der Waals surface area contributed by atoms with Gasteiger partial charge in [0.1, 0.15) is 6.54 Å². The van der Waals surface area contributed by atoms with Gasteiger partial charge >= 0.3 is 5.97 Å². The molecular formula is C14H17NO5. The van der Waals surface area contributed by atoms with Gasteiger partial charge in [-0.25, -0.2) is 0 Å². The number of esters is 1. The highest BCUT2D eigenvalue weighted by atomic mass is 16.7. The van der Waals surface area contributed by atoms with E-state index in [-0.39, 0.29) is 19.2 Å². The number of ether oxygens (including phenoxy) is 3. The summed E-state index contributed by atoms with van der Waals surface area (Å²) in [6.07, 6.45) is 0. The smallest absolute Gasteiger partial charge is 0.325 e. The molecule has 6 heteroatoms. The Morgan fingerprint density at radius 2 is 2.00 bits per heavy atom. The number of carbonyl (C=O) groups excluding carboxylic acids is 2. The third-order valence-electron chi connectivity index (χ3n) is 2.91. The van der Waals surface area contributed by atoms with E-state index in [0.29, 0.717) is 30.2 Å². The predicted octanol–water partition coefficient (Wildman–Crippen LogP) is 1.44. The summed E-state index contributed by atoms with van der Waals surface area (Å²) in [5, 5.41) is 0. The first-order chi connectivity index (χ1) is 9.65. The van der Waals surface area contributed by atoms with Crippen LogP contribution in [0.4, 0.5) is 0 Å². The zero-order chi connectivity index (χ0) is 14.5. The molecule has 1 aromatic carbocycles. The molecule has 108 valence electrons. The van der Waals surface area contributed by atoms with Gasteiger partial charge in [0.25, 0.3) is 5.91 Å². The van der Waals surface area contributed by atoms with Crippen molar-refractivity contribution in [2.24, 2.45) is 0 Å². The van der Waals surface area contributed by atoms with Gasteiger partial charge in [-0.3, -0.25) is 9.59 Å². The van der Waals surface area contributed by atoms with Crippen molar-refractivity contribution >= 4 is 11.9 Å². The van der Waals surface area contributed by atoms with Gasteiger partial charge in [0, 0.05) is 12.1 Å². The number of fused-ring (bicyclic) bond motifs is 1. The number of carbonyl (C=O) groups is 2. The number of benzene rings is 1. The Labute approximate surface area is 117 Å². The summed E-state index contributed by atoms with van der Waals surface area (Å²) in [5.41, 5.74) is 0.459. The van der Waals surface area contributed by atoms with Crippen LogP contribution in [0.1, 0.15) is 24.2 Å². The van der Waals surface area contributed by atoms with E-state index in [1.165, 1.54) is 4.90 Å². The third-order valence-corrected chi connectivity index (χ3v) is 2.91. The van der Waals surface area contributed by atoms with Gasteiger partial charge in [0.05, 0.1) is 6.61 Å². The quantitative estimate of drug-likeness (QED) is 0.763. The molecule has 1 aliphatic rings. The molecule has 0 N–H and O–H groups in total. The zero-order valence-corrected chi connectivity index (χ0v) is 11.5. The summed E-state index contributed by atoms with van der Waals surface area (Å²) in [7, 11) is 0. The van der Waals surface area contributed by atoms with E-state index in [0.717, 1.165) is 0 Å². The van der Waals surface area contributed by atoms with Crippen LogP contribution in [0.5, 0.6) is 11.5 Å². The van der Waals surface area contributed by atoms with Crippen molar-refractivity contribution in [1.82, 2.24) is 4.90 Å². The highest BCUT2D eigenvalue weighted by Gasteiger charge is 2.21. The van der Waals surface area contributed by atoms with E-state index < -0.39 is 5.97 Å². The van der Waals surface area contributed by atoms with E-state index in [1.54, 1.807) is 25.1 Å². The van der Waals surface area contributed by atoms with Crippen molar-refractivity contribution in [3.8, 4) is 11.5 Å². The molecule has 1 heterocycles. The van der Waals surface area contributed by atoms with Gasteiger partial charge in [-0.05, 0) is 32.0 Å². The number of rotatable bonds is 5. The summed E-state index contributed by atoms with van der Waals surface area (Å²) in [6, 6.07) is 4.97. The summed E-state index contributed by atoms with van der Waals surface area (Å²) in [6.45, 7) is 4.36. The lowest BCUT2D eigenvalue weighted by Gasteiger charge is -2.19. The van der Waals surface area contributed by atoms with Crippen LogP contribution in [0.15, 0.2) is 18.2 Å². The first kappa shape index (κ1) is 14.2. The molecule has 0 spiro atoms. The number of amides is 1. The minimum Gasteiger partial charge on any atom is -0.465 e. The van der Waals surface area contributed by atoms with Crippen molar-refractivity contribution in [1.29, 1.82) is 0 Å². The Morgan fingerprint density at radius 3 is 2.70 bits per heavy atom. The highest BCUT2D eigenvalue weighted by Crippen LogP contribution is 2.32. The second-order valence-corrected chi connectivity index (χ2v) is 4.19. The predicted molar refractivity (Wildman–Crippen MR) is 70.8 cm³/mol. The molecule has 1 aliphatic heterocycles. The lowest BCUT2D eigenvalue weighted by atomic mass is 10.1. The molecule has 6 nitrogen and oxygen atoms in total. The molecule has 0 fully saturated rings. The van der Waals surface area contributed by atoms with Gasteiger partial charge in [0.15, 0.2) is 11.5 Å². The molecule has 0 saturated carbocycles. The number of hydrogen-bond acceptors (Lipinski definition) is 5. The lowest BCUT2D eigenvalue weighted by Crippen LogP contribution is -2.36. The standard InChI is InChI=1S/C14H17NO5/c1-3-15(8-13(16)18-4-2)14(17)10-5-6-11-12(7-10)20-9-19-11/h5-7H,3-4,8-9H2,1-2H3. The van der Waals surface area contributed by atoms with Crippen LogP contribution in [0.2, 0.25) is 0 Å². The Hall–Kier alpha value is -2.24. The molecule has 20 heavy (non-hydrogen) atoms. The summed E-state index contributed by atoms with van der Waals surface area (Å²) in [5.74, 6) is 0.514. The fourth-order valence-corrected chi connectivity index (χ4v) is 1.90. The topological polar surface area (TPSA) is 65.1 Å². The maximum atomic E-state index is 12.3. The molecule has 0 aromatic heterocycles. The highest BCUT2D eigenvalue weighted by molar-refractivity contribution is 5.96. The Kier molecular flexibility index (Phi) is 4.45. The summed E-state index contributed by atoms with van der Waals surface area (Å²) in [4.78, 5) is 25.2. The Balaban J connectivity index is 2.10. The lowest BCUT2D eigenvalue weighted by molar-refractivity contribution is -0.143. The second-order valence-electron chi connectivity index (χ2n) is 4.19. The minimum absolute atomic E-state index is 0.0579. The SMILES string of the molecule is CCOC(=O)CN(CC)C(=O)c1ccc2c(c1)OCO2. The van der Waals surface area contributed by atoms with Crippen LogP contribution in [0, 0.1) is 0 Å². The average molecular weight is 279 g/mol. The van der Waals surface area contributed by atoms with E-state index in [9.17, 15) is 9.59 Å². The van der Waals surface area contributed by atoms with Crippen LogP contribution in [-0.4, -0.2) is 43.3 Å².